The van der Waals surface area contributed by atoms with Crippen LogP contribution in [0, 0.1) is 16.3 Å². The monoisotopic (exact) mass is 474 g/mol. The molecule has 1 amide bonds. The van der Waals surface area contributed by atoms with Crippen LogP contribution >= 0.6 is 22.6 Å². The highest BCUT2D eigenvalue weighted by atomic mass is 127. The zero-order valence-corrected chi connectivity index (χ0v) is 16.3. The Labute approximate surface area is 164 Å². The second-order valence-corrected chi connectivity index (χ2v) is 6.99. The molecular weight excluding hydrogens is 454 g/mol. The van der Waals surface area contributed by atoms with E-state index in [9.17, 15) is 14.3 Å². The maximum absolute atomic E-state index is 14.0. The van der Waals surface area contributed by atoms with Crippen LogP contribution in [0.5, 0.6) is 5.75 Å². The molecular formula is C18H20FIN2O4. The number of aryl methyl sites for hydroxylation is 1. The third-order valence-corrected chi connectivity index (χ3v) is 4.36. The van der Waals surface area contributed by atoms with Crippen molar-refractivity contribution >= 4 is 39.9 Å². The van der Waals surface area contributed by atoms with Gasteiger partial charge >= 0.3 is 0 Å². The van der Waals surface area contributed by atoms with Gasteiger partial charge in [0.1, 0.15) is 17.1 Å². The van der Waals surface area contributed by atoms with Gasteiger partial charge in [-0.3, -0.25) is 4.79 Å². The molecule has 26 heavy (non-hydrogen) atoms. The molecule has 0 aliphatic carbocycles. The summed E-state index contributed by atoms with van der Waals surface area (Å²) in [6.45, 7) is 1.48. The number of benzene rings is 2. The van der Waals surface area contributed by atoms with Gasteiger partial charge in [0.2, 0.25) is 0 Å². The predicted octanol–water partition coefficient (Wildman–Crippen LogP) is 2.70. The number of aliphatic hydroxyl groups is 2. The molecule has 0 saturated heterocycles. The van der Waals surface area contributed by atoms with Crippen molar-refractivity contribution in [2.24, 2.45) is 5.73 Å². The van der Waals surface area contributed by atoms with Gasteiger partial charge in [-0.25, -0.2) is 4.39 Å². The highest BCUT2D eigenvalue weighted by molar-refractivity contribution is 14.1. The fraction of sp³-hybridized carbons (Fsp3) is 0.278. The number of carbonyl (C=O) groups excluding carboxylic acids is 1. The minimum Gasteiger partial charge on any atom is -0.492 e. The summed E-state index contributed by atoms with van der Waals surface area (Å²) in [7, 11) is 0. The number of aliphatic hydroxyl groups excluding tert-OH is 2. The summed E-state index contributed by atoms with van der Waals surface area (Å²) in [5.74, 6) is -1.39. The number of rotatable bonds is 8. The molecule has 0 aliphatic heterocycles. The van der Waals surface area contributed by atoms with Crippen LogP contribution in [0.15, 0.2) is 30.3 Å². The van der Waals surface area contributed by atoms with Crippen molar-refractivity contribution in [1.29, 1.82) is 0 Å². The lowest BCUT2D eigenvalue weighted by molar-refractivity contribution is 0.0751. The number of nitrogens with two attached hydrogens (primary N) is 1. The van der Waals surface area contributed by atoms with Crippen LogP contribution in [0.2, 0.25) is 0 Å². The average Bonchev–Trinajstić information content (AvgIpc) is 2.56. The maximum Gasteiger partial charge on any atom is 0.254 e. The van der Waals surface area contributed by atoms with Gasteiger partial charge in [-0.05, 0) is 59.3 Å². The van der Waals surface area contributed by atoms with Gasteiger partial charge in [-0.15, -0.1) is 0 Å². The molecule has 0 radical (unpaired) electrons. The van der Waals surface area contributed by atoms with Gasteiger partial charge in [-0.2, -0.15) is 0 Å². The predicted molar refractivity (Wildman–Crippen MR) is 105 cm³/mol. The SMILES string of the molecule is Cc1cc(I)ccc1Nc1cc(F)cc(OCC[C@@H](O)CO)c1C(N)=O. The molecule has 0 fully saturated rings. The number of nitrogens with one attached hydrogen (secondary N) is 1. The second-order valence-electron chi connectivity index (χ2n) is 5.75. The van der Waals surface area contributed by atoms with Crippen molar-refractivity contribution in [2.75, 3.05) is 18.5 Å². The zero-order chi connectivity index (χ0) is 19.3. The summed E-state index contributed by atoms with van der Waals surface area (Å²) >= 11 is 2.18. The molecule has 6 nitrogen and oxygen atoms in total. The lowest BCUT2D eigenvalue weighted by Gasteiger charge is -2.17. The van der Waals surface area contributed by atoms with Gasteiger partial charge in [0.05, 0.1) is 25.0 Å². The molecule has 2 aromatic rings. The third kappa shape index (κ3) is 5.29. The van der Waals surface area contributed by atoms with Gasteiger partial charge in [0.25, 0.3) is 5.91 Å². The lowest BCUT2D eigenvalue weighted by Crippen LogP contribution is -2.19. The van der Waals surface area contributed by atoms with E-state index in [0.717, 1.165) is 15.2 Å². The fourth-order valence-corrected chi connectivity index (χ4v) is 3.00. The van der Waals surface area contributed by atoms with Crippen LogP contribution in [-0.4, -0.2) is 35.4 Å². The van der Waals surface area contributed by atoms with E-state index in [4.69, 9.17) is 15.6 Å². The van der Waals surface area contributed by atoms with E-state index in [2.05, 4.69) is 27.9 Å². The van der Waals surface area contributed by atoms with E-state index < -0.39 is 24.4 Å². The number of primary amides is 1. The number of hydrogen-bond donors (Lipinski definition) is 4. The van der Waals surface area contributed by atoms with Crippen molar-refractivity contribution < 1.29 is 24.1 Å². The molecule has 0 unspecified atom stereocenters. The normalized spacial score (nSPS) is 11.9. The topological polar surface area (TPSA) is 105 Å². The summed E-state index contributed by atoms with van der Waals surface area (Å²) < 4.78 is 20.5. The number of ether oxygens (including phenoxy) is 1. The van der Waals surface area contributed by atoms with Gasteiger partial charge in [-0.1, -0.05) is 0 Å². The maximum atomic E-state index is 14.0. The summed E-state index contributed by atoms with van der Waals surface area (Å²) in [6.07, 6.45) is -0.822. The van der Waals surface area contributed by atoms with E-state index in [-0.39, 0.29) is 30.0 Å². The number of halogens is 2. The van der Waals surface area contributed by atoms with E-state index in [1.54, 1.807) is 0 Å². The van der Waals surface area contributed by atoms with Crippen molar-refractivity contribution in [2.45, 2.75) is 19.4 Å². The number of anilines is 2. The van der Waals surface area contributed by atoms with Crippen LogP contribution in [-0.2, 0) is 0 Å². The smallest absolute Gasteiger partial charge is 0.254 e. The molecule has 2 rings (SSSR count). The Hall–Kier alpha value is -1.91. The van der Waals surface area contributed by atoms with Crippen LogP contribution in [0.3, 0.4) is 0 Å². The summed E-state index contributed by atoms with van der Waals surface area (Å²) in [4.78, 5) is 11.9. The van der Waals surface area contributed by atoms with Crippen LogP contribution < -0.4 is 15.8 Å². The Balaban J connectivity index is 2.34. The van der Waals surface area contributed by atoms with Crippen molar-refractivity contribution in [3.05, 3.63) is 50.8 Å². The van der Waals surface area contributed by atoms with E-state index in [1.165, 1.54) is 6.07 Å². The highest BCUT2D eigenvalue weighted by Crippen LogP contribution is 2.32. The molecule has 0 saturated carbocycles. The highest BCUT2D eigenvalue weighted by Gasteiger charge is 2.18. The fourth-order valence-electron chi connectivity index (χ4n) is 2.36. The van der Waals surface area contributed by atoms with Gasteiger partial charge in [0, 0.05) is 21.7 Å². The molecule has 0 bridgehead atoms. The molecule has 0 heterocycles. The molecule has 140 valence electrons. The molecule has 8 heteroatoms. The summed E-state index contributed by atoms with van der Waals surface area (Å²) in [6, 6.07) is 7.89. The standard InChI is InChI=1S/C18H20FIN2O4/c1-10-6-12(20)2-3-14(10)22-15-7-11(19)8-16(17(15)18(21)25)26-5-4-13(24)9-23/h2-3,6-8,13,22-24H,4-5,9H2,1H3,(H2,21,25)/t13-/m1/s1. The number of carbonyl (C=O) groups is 1. The van der Waals surface area contributed by atoms with Crippen LogP contribution in [0.25, 0.3) is 0 Å². The van der Waals surface area contributed by atoms with Crippen LogP contribution in [0.4, 0.5) is 15.8 Å². The Bertz CT molecular complexity index is 801. The van der Waals surface area contributed by atoms with Crippen LogP contribution in [0.1, 0.15) is 22.3 Å². The Morgan fingerprint density at radius 2 is 2.08 bits per heavy atom. The summed E-state index contributed by atoms with van der Waals surface area (Å²) in [5, 5.41) is 21.2. The quantitative estimate of drug-likeness (QED) is 0.441. The molecule has 0 aromatic heterocycles. The second kappa shape index (κ2) is 9.15. The molecule has 1 atom stereocenters. The first-order valence-electron chi connectivity index (χ1n) is 7.90. The Morgan fingerprint density at radius 3 is 2.69 bits per heavy atom. The Morgan fingerprint density at radius 1 is 1.35 bits per heavy atom. The molecule has 0 aliphatic rings. The largest absolute Gasteiger partial charge is 0.492 e. The first kappa shape index (κ1) is 20.4. The zero-order valence-electron chi connectivity index (χ0n) is 14.1. The minimum absolute atomic E-state index is 0.00649. The first-order valence-corrected chi connectivity index (χ1v) is 8.98. The lowest BCUT2D eigenvalue weighted by atomic mass is 10.1. The molecule has 0 spiro atoms. The van der Waals surface area contributed by atoms with Crippen molar-refractivity contribution in [1.82, 2.24) is 0 Å². The third-order valence-electron chi connectivity index (χ3n) is 3.69. The van der Waals surface area contributed by atoms with Crippen molar-refractivity contribution in [3.8, 4) is 5.75 Å². The molecule has 2 aromatic carbocycles. The minimum atomic E-state index is -0.951. The average molecular weight is 474 g/mol. The summed E-state index contributed by atoms with van der Waals surface area (Å²) in [5.41, 5.74) is 7.31. The number of hydrogen-bond acceptors (Lipinski definition) is 5. The molecule has 5 N–H and O–H groups in total. The van der Waals surface area contributed by atoms with Crippen molar-refractivity contribution in [3.63, 3.8) is 0 Å². The number of amides is 1. The van der Waals surface area contributed by atoms with E-state index in [0.29, 0.717) is 5.69 Å². The van der Waals surface area contributed by atoms with Gasteiger partial charge in [0.15, 0.2) is 0 Å². The van der Waals surface area contributed by atoms with E-state index >= 15 is 0 Å². The van der Waals surface area contributed by atoms with Gasteiger partial charge < -0.3 is 26.0 Å². The van der Waals surface area contributed by atoms with E-state index in [1.807, 2.05) is 25.1 Å². The first-order chi connectivity index (χ1) is 12.3. The Kier molecular flexibility index (Phi) is 7.18.